The third kappa shape index (κ3) is 4.30. The molecule has 13 heteroatoms. The highest BCUT2D eigenvalue weighted by atomic mass is 19.4. The standard InChI is InChI=1S/C20H19F5N6O2/c1-10(11-4-6-12(7-5-11)19(21,22)20(23,24)25)30(2)18(33)17(32)29-14-9-27-16(26)15-13(14)8-28-31(15)3/h4-10H,1-3H3,(H2,26,27)(H,29,32)/t10-/m0/s1. The van der Waals surface area contributed by atoms with Crippen LogP contribution in [-0.2, 0) is 22.6 Å². The second-order valence-corrected chi connectivity index (χ2v) is 7.33. The molecule has 0 saturated heterocycles. The predicted molar refractivity (Wildman–Crippen MR) is 109 cm³/mol. The fourth-order valence-electron chi connectivity index (χ4n) is 3.17. The van der Waals surface area contributed by atoms with Gasteiger partial charge < -0.3 is 16.0 Å². The van der Waals surface area contributed by atoms with Crippen LogP contribution in [-0.4, -0.2) is 44.7 Å². The molecule has 1 aromatic carbocycles. The van der Waals surface area contributed by atoms with Crippen molar-refractivity contribution < 1.29 is 31.5 Å². The first-order valence-corrected chi connectivity index (χ1v) is 9.45. The van der Waals surface area contributed by atoms with Crippen molar-refractivity contribution in [3.63, 3.8) is 0 Å². The second kappa shape index (κ2) is 8.30. The lowest BCUT2D eigenvalue weighted by Crippen LogP contribution is -2.38. The number of rotatable bonds is 4. The van der Waals surface area contributed by atoms with Crippen LogP contribution in [0.25, 0.3) is 10.9 Å². The van der Waals surface area contributed by atoms with Crippen LogP contribution in [0.15, 0.2) is 36.7 Å². The molecule has 0 spiro atoms. The van der Waals surface area contributed by atoms with Crippen molar-refractivity contribution in [2.75, 3.05) is 18.1 Å². The summed E-state index contributed by atoms with van der Waals surface area (Å²) in [5.74, 6) is -6.82. The Hall–Kier alpha value is -3.77. The molecule has 2 aromatic heterocycles. The van der Waals surface area contributed by atoms with Gasteiger partial charge in [0, 0.05) is 25.0 Å². The van der Waals surface area contributed by atoms with Crippen LogP contribution in [0.1, 0.15) is 24.1 Å². The maximum Gasteiger partial charge on any atom is 0.458 e. The van der Waals surface area contributed by atoms with Crippen LogP contribution in [0.4, 0.5) is 33.5 Å². The average Bonchev–Trinajstić information content (AvgIpc) is 3.16. The van der Waals surface area contributed by atoms with E-state index < -0.39 is 35.5 Å². The van der Waals surface area contributed by atoms with Gasteiger partial charge in [0.2, 0.25) is 0 Å². The van der Waals surface area contributed by atoms with E-state index in [1.165, 1.54) is 31.0 Å². The van der Waals surface area contributed by atoms with Gasteiger partial charge in [-0.25, -0.2) is 4.98 Å². The molecule has 0 aliphatic heterocycles. The largest absolute Gasteiger partial charge is 0.458 e. The summed E-state index contributed by atoms with van der Waals surface area (Å²) in [6.45, 7) is 1.49. The zero-order valence-electron chi connectivity index (χ0n) is 17.6. The Morgan fingerprint density at radius 1 is 1.12 bits per heavy atom. The van der Waals surface area contributed by atoms with Crippen LogP contribution in [0.3, 0.4) is 0 Å². The number of halogens is 5. The quantitative estimate of drug-likeness (QED) is 0.449. The lowest BCUT2D eigenvalue weighted by Gasteiger charge is -2.25. The van der Waals surface area contributed by atoms with E-state index in [4.69, 9.17) is 5.73 Å². The van der Waals surface area contributed by atoms with Gasteiger partial charge in [-0.1, -0.05) is 24.3 Å². The number of carbonyl (C=O) groups is 2. The van der Waals surface area contributed by atoms with Gasteiger partial charge in [0.25, 0.3) is 0 Å². The number of hydrogen-bond donors (Lipinski definition) is 2. The molecular weight excluding hydrogens is 451 g/mol. The fraction of sp³-hybridized carbons (Fsp3) is 0.300. The number of carbonyl (C=O) groups excluding carboxylic acids is 2. The molecule has 3 N–H and O–H groups in total. The summed E-state index contributed by atoms with van der Waals surface area (Å²) in [6.07, 6.45) is -3.02. The number of hydrogen-bond acceptors (Lipinski definition) is 5. The molecule has 2 amide bonds. The maximum absolute atomic E-state index is 13.5. The number of aromatic nitrogens is 3. The van der Waals surface area contributed by atoms with E-state index in [2.05, 4.69) is 15.4 Å². The number of nitrogens with two attached hydrogens (primary N) is 1. The molecule has 8 nitrogen and oxygen atoms in total. The number of alkyl halides is 5. The van der Waals surface area contributed by atoms with E-state index in [0.29, 0.717) is 23.0 Å². The van der Waals surface area contributed by atoms with Crippen LogP contribution in [0.2, 0.25) is 0 Å². The minimum Gasteiger partial charge on any atom is -0.382 e. The zero-order chi connectivity index (χ0) is 24.7. The SMILES string of the molecule is C[C@@H](c1ccc(C(F)(F)C(F)(F)F)cc1)N(C)C(=O)C(=O)Nc1cnc(N)c2c1cnn2C. The predicted octanol–water partition coefficient (Wildman–Crippen LogP) is 3.36. The molecule has 0 aliphatic rings. The van der Waals surface area contributed by atoms with Crippen LogP contribution in [0.5, 0.6) is 0 Å². The smallest absolute Gasteiger partial charge is 0.382 e. The molecule has 176 valence electrons. The molecule has 3 aromatic rings. The van der Waals surface area contributed by atoms with Gasteiger partial charge in [-0.2, -0.15) is 27.1 Å². The normalized spacial score (nSPS) is 13.1. The van der Waals surface area contributed by atoms with Crippen molar-refractivity contribution in [3.8, 4) is 0 Å². The minimum atomic E-state index is -5.73. The Labute approximate surface area is 184 Å². The number of nitrogens with one attached hydrogen (secondary N) is 1. The Morgan fingerprint density at radius 3 is 2.30 bits per heavy atom. The number of nitrogens with zero attached hydrogens (tertiary/aromatic N) is 4. The van der Waals surface area contributed by atoms with Gasteiger partial charge in [-0.05, 0) is 12.5 Å². The third-order valence-electron chi connectivity index (χ3n) is 5.26. The molecular formula is C20H19F5N6O2. The van der Waals surface area contributed by atoms with Crippen molar-refractivity contribution in [1.82, 2.24) is 19.7 Å². The fourth-order valence-corrected chi connectivity index (χ4v) is 3.17. The van der Waals surface area contributed by atoms with Gasteiger partial charge in [-0.15, -0.1) is 0 Å². The van der Waals surface area contributed by atoms with E-state index >= 15 is 0 Å². The van der Waals surface area contributed by atoms with E-state index in [0.717, 1.165) is 17.0 Å². The van der Waals surface area contributed by atoms with Gasteiger partial charge in [0.1, 0.15) is 11.3 Å². The first kappa shape index (κ1) is 23.9. The van der Waals surface area contributed by atoms with E-state index in [1.54, 1.807) is 7.05 Å². The highest BCUT2D eigenvalue weighted by molar-refractivity contribution is 6.40. The number of anilines is 2. The van der Waals surface area contributed by atoms with E-state index in [9.17, 15) is 31.5 Å². The summed E-state index contributed by atoms with van der Waals surface area (Å²) in [6, 6.07) is 2.56. The summed E-state index contributed by atoms with van der Waals surface area (Å²) >= 11 is 0. The van der Waals surface area contributed by atoms with Crippen molar-refractivity contribution in [1.29, 1.82) is 0 Å². The number of amides is 2. The molecule has 1 atom stereocenters. The first-order chi connectivity index (χ1) is 15.3. The molecule has 0 aliphatic carbocycles. The molecule has 2 heterocycles. The number of pyridine rings is 1. The highest BCUT2D eigenvalue weighted by Crippen LogP contribution is 2.44. The van der Waals surface area contributed by atoms with E-state index in [1.807, 2.05) is 0 Å². The number of nitrogen functional groups attached to an aromatic ring is 1. The second-order valence-electron chi connectivity index (χ2n) is 7.33. The molecule has 0 unspecified atom stereocenters. The maximum atomic E-state index is 13.5. The minimum absolute atomic E-state index is 0.180. The molecule has 0 radical (unpaired) electrons. The number of likely N-dealkylation sites (N-methyl/N-ethyl adjacent to an activating group) is 1. The average molecular weight is 470 g/mol. The molecule has 0 saturated carbocycles. The van der Waals surface area contributed by atoms with E-state index in [-0.39, 0.29) is 17.1 Å². The number of aryl methyl sites for hydroxylation is 1. The molecule has 3 rings (SSSR count). The van der Waals surface area contributed by atoms with Crippen LogP contribution in [0, 0.1) is 0 Å². The third-order valence-corrected chi connectivity index (χ3v) is 5.26. The Kier molecular flexibility index (Phi) is 6.00. The van der Waals surface area contributed by atoms with Gasteiger partial charge >= 0.3 is 23.9 Å². The number of fused-ring (bicyclic) bond motifs is 1. The van der Waals surface area contributed by atoms with Crippen molar-refractivity contribution >= 4 is 34.2 Å². The lowest BCUT2D eigenvalue weighted by atomic mass is 10.0. The summed E-state index contributed by atoms with van der Waals surface area (Å²) < 4.78 is 66.0. The summed E-state index contributed by atoms with van der Waals surface area (Å²) in [4.78, 5) is 30.1. The summed E-state index contributed by atoms with van der Waals surface area (Å²) in [7, 11) is 2.92. The van der Waals surface area contributed by atoms with Crippen molar-refractivity contribution in [3.05, 3.63) is 47.8 Å². The first-order valence-electron chi connectivity index (χ1n) is 9.45. The molecule has 33 heavy (non-hydrogen) atoms. The lowest BCUT2D eigenvalue weighted by molar-refractivity contribution is -0.289. The summed E-state index contributed by atoms with van der Waals surface area (Å²) in [5.41, 5.74) is 5.49. The topological polar surface area (TPSA) is 106 Å². The number of benzene rings is 1. The Balaban J connectivity index is 1.76. The summed E-state index contributed by atoms with van der Waals surface area (Å²) in [5, 5.41) is 6.93. The Bertz CT molecular complexity index is 1210. The highest BCUT2D eigenvalue weighted by Gasteiger charge is 2.58. The van der Waals surface area contributed by atoms with Gasteiger partial charge in [0.15, 0.2) is 0 Å². The van der Waals surface area contributed by atoms with Gasteiger partial charge in [0.05, 0.1) is 24.1 Å². The molecule has 0 fully saturated rings. The molecule has 0 bridgehead atoms. The van der Waals surface area contributed by atoms with Crippen LogP contribution < -0.4 is 11.1 Å². The van der Waals surface area contributed by atoms with Crippen molar-refractivity contribution in [2.24, 2.45) is 7.05 Å². The van der Waals surface area contributed by atoms with Gasteiger partial charge in [-0.3, -0.25) is 14.3 Å². The van der Waals surface area contributed by atoms with Crippen LogP contribution >= 0.6 is 0 Å². The Morgan fingerprint density at radius 2 is 1.73 bits per heavy atom. The van der Waals surface area contributed by atoms with Crippen molar-refractivity contribution in [2.45, 2.75) is 25.1 Å². The zero-order valence-corrected chi connectivity index (χ0v) is 17.6. The monoisotopic (exact) mass is 470 g/mol.